The van der Waals surface area contributed by atoms with Crippen LogP contribution in [0.15, 0.2) is 30.3 Å². The minimum Gasteiger partial charge on any atom is -0.0809 e. The molecule has 12 heavy (non-hydrogen) atoms. The summed E-state index contributed by atoms with van der Waals surface area (Å²) in [6.07, 6.45) is 1.26. The lowest BCUT2D eigenvalue weighted by atomic mass is 10.2. The second kappa shape index (κ2) is 3.99. The number of hydrogen-bond acceptors (Lipinski definition) is 0. The fourth-order valence-corrected chi connectivity index (χ4v) is 2.20. The first kappa shape index (κ1) is 9.65. The van der Waals surface area contributed by atoms with Crippen molar-refractivity contribution in [1.82, 2.24) is 0 Å². The van der Waals surface area contributed by atoms with Crippen molar-refractivity contribution >= 4 is 22.7 Å². The Morgan fingerprint density at radius 1 is 1.17 bits per heavy atom. The minimum atomic E-state index is -0.840. The molecule has 1 aromatic rings. The van der Waals surface area contributed by atoms with Crippen LogP contribution in [0, 0.1) is 0 Å². The summed E-state index contributed by atoms with van der Waals surface area (Å²) in [5.74, 6) is 0. The van der Waals surface area contributed by atoms with E-state index >= 15 is 0 Å². The Balaban J connectivity index is 2.44. The van der Waals surface area contributed by atoms with E-state index < -0.39 is 7.81 Å². The molecular formula is C9H16B2Si. The van der Waals surface area contributed by atoms with Crippen LogP contribution in [-0.2, 0) is 6.42 Å². The monoisotopic (exact) mass is 174 g/mol. The third kappa shape index (κ3) is 3.81. The Labute approximate surface area is 78.1 Å². The maximum atomic E-state index is 2.43. The van der Waals surface area contributed by atoms with Gasteiger partial charge in [0.2, 0.25) is 0 Å². The third-order valence-corrected chi connectivity index (χ3v) is 3.76. The Bertz CT molecular complexity index is 228. The molecule has 0 saturated heterocycles. The maximum absolute atomic E-state index is 2.43. The molecule has 0 nitrogen and oxygen atoms in total. The van der Waals surface area contributed by atoms with Crippen molar-refractivity contribution in [2.24, 2.45) is 0 Å². The zero-order valence-corrected chi connectivity index (χ0v) is 9.30. The molecule has 0 fully saturated rings. The molecule has 1 rings (SSSR count). The van der Waals surface area contributed by atoms with Crippen LogP contribution in [0.25, 0.3) is 0 Å². The zero-order valence-electron chi connectivity index (χ0n) is 8.30. The second-order valence-electron chi connectivity index (χ2n) is 4.55. The smallest absolute Gasteiger partial charge is 0.0809 e. The lowest BCUT2D eigenvalue weighted by Gasteiger charge is -2.15. The number of aryl methyl sites for hydroxylation is 1. The molecule has 0 bridgehead atoms. The van der Waals surface area contributed by atoms with Gasteiger partial charge >= 0.3 is 0 Å². The highest BCUT2D eigenvalue weighted by atomic mass is 28.3. The molecule has 62 valence electrons. The van der Waals surface area contributed by atoms with Crippen LogP contribution >= 0.6 is 0 Å². The quantitative estimate of drug-likeness (QED) is 0.587. The van der Waals surface area contributed by atoms with E-state index in [0.29, 0.717) is 0 Å². The van der Waals surface area contributed by atoms with Gasteiger partial charge in [0.25, 0.3) is 0 Å². The van der Waals surface area contributed by atoms with Gasteiger partial charge in [0.05, 0.1) is 14.9 Å². The largest absolute Gasteiger partial charge is 0.0887 e. The van der Waals surface area contributed by atoms with Gasteiger partial charge in [-0.25, -0.2) is 0 Å². The van der Waals surface area contributed by atoms with Crippen LogP contribution in [-0.4, -0.2) is 22.7 Å². The zero-order chi connectivity index (χ0) is 9.03. The van der Waals surface area contributed by atoms with Crippen molar-refractivity contribution in [1.29, 1.82) is 0 Å². The van der Waals surface area contributed by atoms with E-state index in [-0.39, 0.29) is 0 Å². The summed E-state index contributed by atoms with van der Waals surface area (Å²) in [4.78, 5) is 0. The molecule has 3 heteroatoms. The van der Waals surface area contributed by atoms with Crippen molar-refractivity contribution in [2.75, 3.05) is 0 Å². The van der Waals surface area contributed by atoms with Gasteiger partial charge in [0, 0.05) is 0 Å². The van der Waals surface area contributed by atoms with Crippen LogP contribution < -0.4 is 0 Å². The molecule has 1 aromatic carbocycles. The van der Waals surface area contributed by atoms with Gasteiger partial charge in [-0.15, -0.1) is 0 Å². The lowest BCUT2D eigenvalue weighted by molar-refractivity contribution is 1.12. The molecule has 0 aliphatic carbocycles. The lowest BCUT2D eigenvalue weighted by Crippen LogP contribution is -2.32. The van der Waals surface area contributed by atoms with E-state index in [2.05, 4.69) is 51.8 Å². The second-order valence-corrected chi connectivity index (χ2v) is 10.2. The third-order valence-electron chi connectivity index (χ3n) is 2.01. The standard InChI is InChI=1S/C9H16B2Si/c1-12(10,11)8-7-9-5-3-2-4-6-9/h2-6H,7-8,10-11H2,1H3. The van der Waals surface area contributed by atoms with Gasteiger partial charge in [-0.1, -0.05) is 42.9 Å². The number of benzene rings is 1. The number of rotatable bonds is 3. The Morgan fingerprint density at radius 3 is 2.25 bits per heavy atom. The summed E-state index contributed by atoms with van der Waals surface area (Å²) in [5, 5.41) is 0. The van der Waals surface area contributed by atoms with Crippen LogP contribution in [0.4, 0.5) is 0 Å². The predicted octanol–water partition coefficient (Wildman–Crippen LogP) is 0.567. The molecule has 0 atom stereocenters. The molecule has 0 aliphatic rings. The molecule has 0 saturated carbocycles. The van der Waals surface area contributed by atoms with E-state index in [1.165, 1.54) is 18.0 Å². The Morgan fingerprint density at radius 2 is 1.75 bits per heavy atom. The number of hydrogen-bond donors (Lipinski definition) is 0. The first-order valence-corrected chi connectivity index (χ1v) is 8.32. The average molecular weight is 174 g/mol. The summed E-state index contributed by atoms with van der Waals surface area (Å²) in [6.45, 7) is 2.43. The van der Waals surface area contributed by atoms with Crippen molar-refractivity contribution < 1.29 is 0 Å². The molecule has 0 aliphatic heterocycles. The van der Waals surface area contributed by atoms with Crippen LogP contribution in [0.1, 0.15) is 5.56 Å². The van der Waals surface area contributed by atoms with Crippen molar-refractivity contribution in [3.63, 3.8) is 0 Å². The van der Waals surface area contributed by atoms with E-state index in [9.17, 15) is 0 Å². The van der Waals surface area contributed by atoms with Crippen LogP contribution in [0.2, 0.25) is 12.6 Å². The van der Waals surface area contributed by atoms with E-state index in [4.69, 9.17) is 0 Å². The van der Waals surface area contributed by atoms with Crippen molar-refractivity contribution in [2.45, 2.75) is 19.0 Å². The first-order chi connectivity index (χ1) is 5.58. The highest BCUT2D eigenvalue weighted by Crippen LogP contribution is 2.07. The van der Waals surface area contributed by atoms with Gasteiger partial charge < -0.3 is 0 Å². The summed E-state index contributed by atoms with van der Waals surface area (Å²) < 4.78 is 0. The van der Waals surface area contributed by atoms with E-state index in [1.807, 2.05) is 0 Å². The van der Waals surface area contributed by atoms with Gasteiger partial charge in [-0.3, -0.25) is 0 Å². The highest BCUT2D eigenvalue weighted by Gasteiger charge is 2.11. The molecule has 0 amide bonds. The first-order valence-electron chi connectivity index (χ1n) is 4.62. The van der Waals surface area contributed by atoms with E-state index in [0.717, 1.165) is 0 Å². The summed E-state index contributed by atoms with van der Waals surface area (Å²) in [7, 11) is 4.01. The fourth-order valence-electron chi connectivity index (χ4n) is 1.16. The summed E-state index contributed by atoms with van der Waals surface area (Å²) >= 11 is 0. The minimum absolute atomic E-state index is 0.840. The highest BCUT2D eigenvalue weighted by molar-refractivity contribution is 7.40. The molecule has 0 unspecified atom stereocenters. The van der Waals surface area contributed by atoms with Crippen LogP contribution in [0.3, 0.4) is 0 Å². The molecular weight excluding hydrogens is 158 g/mol. The molecule has 0 heterocycles. The Hall–Kier alpha value is -0.433. The van der Waals surface area contributed by atoms with Crippen LogP contribution in [0.5, 0.6) is 0 Å². The SMILES string of the molecule is B[Si](B)(C)CCc1ccccc1. The topological polar surface area (TPSA) is 0 Å². The summed E-state index contributed by atoms with van der Waals surface area (Å²) in [5.41, 5.74) is 1.49. The van der Waals surface area contributed by atoms with Crippen molar-refractivity contribution in [3.8, 4) is 0 Å². The molecule has 0 radical (unpaired) electrons. The van der Waals surface area contributed by atoms with Crippen molar-refractivity contribution in [3.05, 3.63) is 35.9 Å². The van der Waals surface area contributed by atoms with Gasteiger partial charge in [-0.2, -0.15) is 0 Å². The maximum Gasteiger partial charge on any atom is 0.0887 e. The van der Waals surface area contributed by atoms with Gasteiger partial charge in [-0.05, 0) is 19.8 Å². The molecule has 0 N–H and O–H groups in total. The fraction of sp³-hybridized carbons (Fsp3) is 0.333. The Kier molecular flexibility index (Phi) is 3.21. The van der Waals surface area contributed by atoms with Gasteiger partial charge in [0.1, 0.15) is 0 Å². The molecule has 0 spiro atoms. The predicted molar refractivity (Wildman–Crippen MR) is 63.7 cm³/mol. The molecule has 0 aromatic heterocycles. The van der Waals surface area contributed by atoms with E-state index in [1.54, 1.807) is 0 Å². The average Bonchev–Trinajstić information content (AvgIpc) is 2.02. The normalized spacial score (nSPS) is 11.4. The van der Waals surface area contributed by atoms with Gasteiger partial charge in [0.15, 0.2) is 0 Å². The summed E-state index contributed by atoms with van der Waals surface area (Å²) in [6, 6.07) is 12.2.